The van der Waals surface area contributed by atoms with Crippen LogP contribution in [0.15, 0.2) is 35.2 Å². The Kier molecular flexibility index (Phi) is 5.49. The van der Waals surface area contributed by atoms with Gasteiger partial charge in [-0.2, -0.15) is 0 Å². The van der Waals surface area contributed by atoms with Crippen molar-refractivity contribution in [1.82, 2.24) is 0 Å². The highest BCUT2D eigenvalue weighted by Gasteiger charge is 2.32. The number of sulfonamides is 1. The van der Waals surface area contributed by atoms with Gasteiger partial charge in [0.2, 0.25) is 5.91 Å². The summed E-state index contributed by atoms with van der Waals surface area (Å²) in [7, 11) is -3.82. The molecule has 0 unspecified atom stereocenters. The third-order valence-electron chi connectivity index (χ3n) is 4.72. The molecule has 0 aliphatic carbocycles. The van der Waals surface area contributed by atoms with E-state index in [0.717, 1.165) is 11.1 Å². The van der Waals surface area contributed by atoms with Crippen molar-refractivity contribution >= 4 is 27.3 Å². The molecular formula is C21H26N2O5S. The predicted molar refractivity (Wildman–Crippen MR) is 112 cm³/mol. The van der Waals surface area contributed by atoms with Gasteiger partial charge in [-0.05, 0) is 76.1 Å². The molecule has 1 aliphatic heterocycles. The number of rotatable bonds is 5. The molecule has 0 fully saturated rings. The summed E-state index contributed by atoms with van der Waals surface area (Å²) in [5.41, 5.74) is 1.57. The Morgan fingerprint density at radius 2 is 1.83 bits per heavy atom. The van der Waals surface area contributed by atoms with Crippen LogP contribution < -0.4 is 19.5 Å². The largest absolute Gasteiger partial charge is 0.493 e. The Hall–Kier alpha value is -2.74. The molecule has 0 saturated heterocycles. The van der Waals surface area contributed by atoms with E-state index in [9.17, 15) is 13.2 Å². The van der Waals surface area contributed by atoms with Crippen molar-refractivity contribution in [3.05, 3.63) is 41.5 Å². The van der Waals surface area contributed by atoms with Gasteiger partial charge in [0, 0.05) is 0 Å². The smallest absolute Gasteiger partial charge is 0.261 e. The number of carbonyl (C=O) groups excluding carboxylic acids is 1. The Labute approximate surface area is 171 Å². The second-order valence-corrected chi connectivity index (χ2v) is 9.44. The summed E-state index contributed by atoms with van der Waals surface area (Å²) in [5, 5.41) is 2.80. The zero-order valence-corrected chi connectivity index (χ0v) is 18.1. The normalized spacial score (nSPS) is 15.6. The molecule has 1 aliphatic rings. The predicted octanol–water partition coefficient (Wildman–Crippen LogP) is 3.86. The monoisotopic (exact) mass is 418 g/mol. The number of hydrogen-bond acceptors (Lipinski definition) is 5. The van der Waals surface area contributed by atoms with Gasteiger partial charge in [0.05, 0.1) is 28.3 Å². The number of nitrogens with one attached hydrogen (secondary N) is 2. The maximum Gasteiger partial charge on any atom is 0.261 e. The SMILES string of the molecule is CCOc1c(C)cc(S(=O)(=O)Nc2ccc3c(c2)NC(=O)C(C)(C)CO3)cc1C. The van der Waals surface area contributed by atoms with Crippen molar-refractivity contribution in [2.75, 3.05) is 23.3 Å². The van der Waals surface area contributed by atoms with Crippen LogP contribution in [0.25, 0.3) is 0 Å². The Bertz CT molecular complexity index is 1040. The topological polar surface area (TPSA) is 93.7 Å². The molecule has 0 atom stereocenters. The molecule has 0 saturated carbocycles. The number of hydrogen-bond donors (Lipinski definition) is 2. The van der Waals surface area contributed by atoms with E-state index in [-0.39, 0.29) is 17.4 Å². The summed E-state index contributed by atoms with van der Waals surface area (Å²) in [6, 6.07) is 7.97. The summed E-state index contributed by atoms with van der Waals surface area (Å²) in [5.74, 6) is 1.01. The molecule has 1 heterocycles. The van der Waals surface area contributed by atoms with Crippen molar-refractivity contribution in [3.8, 4) is 11.5 Å². The van der Waals surface area contributed by atoms with Crippen LogP contribution in [0.3, 0.4) is 0 Å². The molecule has 0 radical (unpaired) electrons. The fraction of sp³-hybridized carbons (Fsp3) is 0.381. The molecule has 156 valence electrons. The van der Waals surface area contributed by atoms with E-state index in [2.05, 4.69) is 10.0 Å². The first kappa shape index (κ1) is 21.0. The summed E-state index contributed by atoms with van der Waals surface area (Å²) >= 11 is 0. The van der Waals surface area contributed by atoms with E-state index in [1.165, 1.54) is 0 Å². The third kappa shape index (κ3) is 4.32. The number of amides is 1. The standard InChI is InChI=1S/C21H26N2O5S/c1-6-27-19-13(2)9-16(10-14(19)3)29(25,26)23-15-7-8-18-17(11-15)22-20(24)21(4,5)12-28-18/h7-11,23H,6,12H2,1-5H3,(H,22,24). The minimum atomic E-state index is -3.82. The number of aryl methyl sites for hydroxylation is 2. The molecular weight excluding hydrogens is 392 g/mol. The summed E-state index contributed by atoms with van der Waals surface area (Å²) < 4.78 is 39.7. The lowest BCUT2D eigenvalue weighted by atomic mass is 9.94. The second kappa shape index (κ2) is 7.59. The van der Waals surface area contributed by atoms with Gasteiger partial charge in [0.25, 0.3) is 10.0 Å². The molecule has 1 amide bonds. The molecule has 0 bridgehead atoms. The first-order valence-corrected chi connectivity index (χ1v) is 10.9. The highest BCUT2D eigenvalue weighted by atomic mass is 32.2. The molecule has 0 spiro atoms. The molecule has 29 heavy (non-hydrogen) atoms. The molecule has 2 aromatic carbocycles. The summed E-state index contributed by atoms with van der Waals surface area (Å²) in [6.07, 6.45) is 0. The maximum atomic E-state index is 12.9. The molecule has 0 aromatic heterocycles. The summed E-state index contributed by atoms with van der Waals surface area (Å²) in [4.78, 5) is 12.5. The van der Waals surface area contributed by atoms with Gasteiger partial charge < -0.3 is 14.8 Å². The summed E-state index contributed by atoms with van der Waals surface area (Å²) in [6.45, 7) is 9.82. The minimum Gasteiger partial charge on any atom is -0.493 e. The van der Waals surface area contributed by atoms with E-state index >= 15 is 0 Å². The second-order valence-electron chi connectivity index (χ2n) is 7.76. The van der Waals surface area contributed by atoms with Gasteiger partial charge >= 0.3 is 0 Å². The first-order chi connectivity index (χ1) is 13.5. The Morgan fingerprint density at radius 1 is 1.17 bits per heavy atom. The van der Waals surface area contributed by atoms with Crippen LogP contribution in [-0.4, -0.2) is 27.5 Å². The first-order valence-electron chi connectivity index (χ1n) is 9.38. The lowest BCUT2D eigenvalue weighted by Gasteiger charge is -2.18. The fourth-order valence-electron chi connectivity index (χ4n) is 3.08. The van der Waals surface area contributed by atoms with E-state index in [1.54, 1.807) is 44.2 Å². The van der Waals surface area contributed by atoms with Gasteiger partial charge in [0.1, 0.15) is 18.1 Å². The van der Waals surface area contributed by atoms with E-state index < -0.39 is 15.4 Å². The molecule has 3 rings (SSSR count). The number of carbonyl (C=O) groups is 1. The third-order valence-corrected chi connectivity index (χ3v) is 6.08. The zero-order valence-electron chi connectivity index (χ0n) is 17.3. The van der Waals surface area contributed by atoms with Crippen molar-refractivity contribution in [2.45, 2.75) is 39.5 Å². The fourth-order valence-corrected chi connectivity index (χ4v) is 4.30. The lowest BCUT2D eigenvalue weighted by molar-refractivity contribution is -0.124. The lowest BCUT2D eigenvalue weighted by Crippen LogP contribution is -2.33. The van der Waals surface area contributed by atoms with Gasteiger partial charge in [-0.1, -0.05) is 0 Å². The van der Waals surface area contributed by atoms with Crippen LogP contribution >= 0.6 is 0 Å². The quantitative estimate of drug-likeness (QED) is 0.769. The number of benzene rings is 2. The average molecular weight is 419 g/mol. The van der Waals surface area contributed by atoms with E-state index in [0.29, 0.717) is 29.5 Å². The highest BCUT2D eigenvalue weighted by Crippen LogP contribution is 2.35. The van der Waals surface area contributed by atoms with Gasteiger partial charge in [0.15, 0.2) is 0 Å². The van der Waals surface area contributed by atoms with Crippen LogP contribution in [0.5, 0.6) is 11.5 Å². The number of fused-ring (bicyclic) bond motifs is 1. The van der Waals surface area contributed by atoms with Crippen LogP contribution in [0, 0.1) is 19.3 Å². The average Bonchev–Trinajstić information content (AvgIpc) is 2.74. The zero-order chi connectivity index (χ0) is 21.4. The van der Waals surface area contributed by atoms with Gasteiger partial charge in [-0.15, -0.1) is 0 Å². The van der Waals surface area contributed by atoms with E-state index in [1.807, 2.05) is 20.8 Å². The van der Waals surface area contributed by atoms with Crippen molar-refractivity contribution in [1.29, 1.82) is 0 Å². The Morgan fingerprint density at radius 3 is 2.45 bits per heavy atom. The van der Waals surface area contributed by atoms with Crippen molar-refractivity contribution < 1.29 is 22.7 Å². The van der Waals surface area contributed by atoms with Crippen molar-refractivity contribution in [3.63, 3.8) is 0 Å². The Balaban J connectivity index is 1.90. The van der Waals surface area contributed by atoms with Gasteiger partial charge in [-0.3, -0.25) is 9.52 Å². The van der Waals surface area contributed by atoms with E-state index in [4.69, 9.17) is 9.47 Å². The van der Waals surface area contributed by atoms with Crippen LogP contribution in [-0.2, 0) is 14.8 Å². The molecule has 2 aromatic rings. The molecule has 8 heteroatoms. The molecule has 7 nitrogen and oxygen atoms in total. The maximum absolute atomic E-state index is 12.9. The van der Waals surface area contributed by atoms with Crippen LogP contribution in [0.1, 0.15) is 31.9 Å². The van der Waals surface area contributed by atoms with Crippen LogP contribution in [0.2, 0.25) is 0 Å². The number of anilines is 2. The van der Waals surface area contributed by atoms with Crippen LogP contribution in [0.4, 0.5) is 11.4 Å². The van der Waals surface area contributed by atoms with Gasteiger partial charge in [-0.25, -0.2) is 8.42 Å². The highest BCUT2D eigenvalue weighted by molar-refractivity contribution is 7.92. The molecule has 2 N–H and O–H groups in total. The minimum absolute atomic E-state index is 0.146. The number of ether oxygens (including phenoxy) is 2. The van der Waals surface area contributed by atoms with Crippen molar-refractivity contribution in [2.24, 2.45) is 5.41 Å².